The van der Waals surface area contributed by atoms with E-state index < -0.39 is 0 Å². The summed E-state index contributed by atoms with van der Waals surface area (Å²) < 4.78 is 0. The molecule has 0 aliphatic heterocycles. The maximum Gasteiger partial charge on any atom is 0.0810 e. The zero-order valence-corrected chi connectivity index (χ0v) is 6.75. The van der Waals surface area contributed by atoms with Gasteiger partial charge >= 0.3 is 0 Å². The number of rotatable bonds is 3. The molecule has 0 fully saturated rings. The van der Waals surface area contributed by atoms with E-state index in [1.165, 1.54) is 0 Å². The zero-order valence-electron chi connectivity index (χ0n) is 6.75. The maximum absolute atomic E-state index is 8.24. The van der Waals surface area contributed by atoms with Crippen LogP contribution in [0.15, 0.2) is 23.7 Å². The van der Waals surface area contributed by atoms with E-state index in [9.17, 15) is 0 Å². The second-order valence-electron chi connectivity index (χ2n) is 2.26. The summed E-state index contributed by atoms with van der Waals surface area (Å²) >= 11 is 0. The predicted octanol–water partition coefficient (Wildman–Crippen LogP) is 2.24. The van der Waals surface area contributed by atoms with Gasteiger partial charge in [0.15, 0.2) is 0 Å². The lowest BCUT2D eigenvalue weighted by Gasteiger charge is -2.04. The summed E-state index contributed by atoms with van der Waals surface area (Å²) in [6, 6.07) is -0.191. The molecule has 1 atom stereocenters. The molecule has 1 aromatic heterocycles. The van der Waals surface area contributed by atoms with Crippen LogP contribution in [0.3, 0.4) is 0 Å². The summed E-state index contributed by atoms with van der Waals surface area (Å²) in [7, 11) is 0. The summed E-state index contributed by atoms with van der Waals surface area (Å²) in [5, 5.41) is 3.59. The Morgan fingerprint density at radius 2 is 2.50 bits per heavy atom. The standard InChI is InChI=1S/C7H9N5/c1-2-6(11-12-8)7-5-9-3-4-10-7/h3-6H,2H2,1H3. The first-order chi connectivity index (χ1) is 5.88. The van der Waals surface area contributed by atoms with Gasteiger partial charge < -0.3 is 0 Å². The Morgan fingerprint density at radius 3 is 3.00 bits per heavy atom. The van der Waals surface area contributed by atoms with Crippen LogP contribution in [0.5, 0.6) is 0 Å². The second-order valence-corrected chi connectivity index (χ2v) is 2.26. The Labute approximate surface area is 70.1 Å². The molecule has 0 radical (unpaired) electrons. The Hall–Kier alpha value is -1.61. The van der Waals surface area contributed by atoms with Crippen molar-refractivity contribution in [3.05, 3.63) is 34.7 Å². The number of nitrogens with zero attached hydrogens (tertiary/aromatic N) is 5. The topological polar surface area (TPSA) is 74.5 Å². The van der Waals surface area contributed by atoms with Gasteiger partial charge in [-0.3, -0.25) is 9.97 Å². The van der Waals surface area contributed by atoms with E-state index in [0.717, 1.165) is 12.1 Å². The van der Waals surface area contributed by atoms with Gasteiger partial charge in [-0.1, -0.05) is 12.0 Å². The van der Waals surface area contributed by atoms with Crippen molar-refractivity contribution in [2.45, 2.75) is 19.4 Å². The van der Waals surface area contributed by atoms with Gasteiger partial charge in [-0.2, -0.15) is 0 Å². The van der Waals surface area contributed by atoms with Crippen LogP contribution < -0.4 is 0 Å². The van der Waals surface area contributed by atoms with Crippen molar-refractivity contribution >= 4 is 0 Å². The molecule has 0 amide bonds. The number of hydrogen-bond donors (Lipinski definition) is 0. The van der Waals surface area contributed by atoms with E-state index in [1.54, 1.807) is 18.6 Å². The fraction of sp³-hybridized carbons (Fsp3) is 0.429. The van der Waals surface area contributed by atoms with Crippen LogP contribution in [0.4, 0.5) is 0 Å². The molecule has 0 N–H and O–H groups in total. The molecule has 0 aromatic carbocycles. The van der Waals surface area contributed by atoms with Gasteiger partial charge in [0.05, 0.1) is 11.7 Å². The largest absolute Gasteiger partial charge is 0.261 e. The molecule has 0 aliphatic carbocycles. The zero-order chi connectivity index (χ0) is 8.81. The highest BCUT2D eigenvalue weighted by Gasteiger charge is 2.06. The summed E-state index contributed by atoms with van der Waals surface area (Å²) in [5.74, 6) is 0. The molecule has 0 saturated carbocycles. The highest BCUT2D eigenvalue weighted by molar-refractivity contribution is 5.01. The van der Waals surface area contributed by atoms with E-state index in [4.69, 9.17) is 5.53 Å². The molecule has 1 heterocycles. The lowest BCUT2D eigenvalue weighted by atomic mass is 10.2. The lowest BCUT2D eigenvalue weighted by Crippen LogP contribution is -1.96. The molecule has 0 spiro atoms. The van der Waals surface area contributed by atoms with Crippen LogP contribution in [-0.2, 0) is 0 Å². The second kappa shape index (κ2) is 4.31. The van der Waals surface area contributed by atoms with Crippen LogP contribution in [-0.4, -0.2) is 9.97 Å². The van der Waals surface area contributed by atoms with E-state index in [-0.39, 0.29) is 6.04 Å². The summed E-state index contributed by atoms with van der Waals surface area (Å²) in [4.78, 5) is 10.7. The van der Waals surface area contributed by atoms with Crippen LogP contribution in [0.1, 0.15) is 25.1 Å². The number of hydrogen-bond acceptors (Lipinski definition) is 3. The predicted molar refractivity (Wildman–Crippen MR) is 44.2 cm³/mol. The fourth-order valence-electron chi connectivity index (χ4n) is 0.895. The normalized spacial score (nSPS) is 11.8. The molecule has 5 heteroatoms. The molecule has 1 rings (SSSR count). The third-order valence-corrected chi connectivity index (χ3v) is 1.50. The van der Waals surface area contributed by atoms with Crippen LogP contribution in [0.2, 0.25) is 0 Å². The summed E-state index contributed by atoms with van der Waals surface area (Å²) in [6.45, 7) is 1.94. The SMILES string of the molecule is CCC(N=[N+]=[N-])c1cnccn1. The van der Waals surface area contributed by atoms with Gasteiger partial charge in [0, 0.05) is 23.5 Å². The van der Waals surface area contributed by atoms with Crippen molar-refractivity contribution in [1.29, 1.82) is 0 Å². The Balaban J connectivity index is 2.87. The average molecular weight is 163 g/mol. The Morgan fingerprint density at radius 1 is 1.67 bits per heavy atom. The number of aromatic nitrogens is 2. The van der Waals surface area contributed by atoms with Crippen molar-refractivity contribution in [3.63, 3.8) is 0 Å². The Kier molecular flexibility index (Phi) is 3.04. The molecule has 0 saturated heterocycles. The van der Waals surface area contributed by atoms with Crippen LogP contribution >= 0.6 is 0 Å². The molecule has 12 heavy (non-hydrogen) atoms. The van der Waals surface area contributed by atoms with Gasteiger partial charge in [0.2, 0.25) is 0 Å². The molecule has 5 nitrogen and oxygen atoms in total. The summed E-state index contributed by atoms with van der Waals surface area (Å²) in [5.41, 5.74) is 8.96. The van der Waals surface area contributed by atoms with E-state index in [2.05, 4.69) is 20.0 Å². The van der Waals surface area contributed by atoms with Crippen molar-refractivity contribution in [2.75, 3.05) is 0 Å². The van der Waals surface area contributed by atoms with Crippen molar-refractivity contribution in [1.82, 2.24) is 9.97 Å². The van der Waals surface area contributed by atoms with Crippen molar-refractivity contribution in [2.24, 2.45) is 5.11 Å². The van der Waals surface area contributed by atoms with Crippen LogP contribution in [0.25, 0.3) is 10.4 Å². The third kappa shape index (κ3) is 1.93. The minimum Gasteiger partial charge on any atom is -0.261 e. The first-order valence-electron chi connectivity index (χ1n) is 3.68. The first kappa shape index (κ1) is 8.49. The molecule has 0 bridgehead atoms. The average Bonchev–Trinajstić information content (AvgIpc) is 2.15. The minimum atomic E-state index is -0.191. The lowest BCUT2D eigenvalue weighted by molar-refractivity contribution is 0.666. The molecular formula is C7H9N5. The molecule has 1 unspecified atom stereocenters. The molecule has 62 valence electrons. The van der Waals surface area contributed by atoms with Gasteiger partial charge in [0.25, 0.3) is 0 Å². The maximum atomic E-state index is 8.24. The van der Waals surface area contributed by atoms with E-state index >= 15 is 0 Å². The summed E-state index contributed by atoms with van der Waals surface area (Å²) in [6.07, 6.45) is 5.53. The quantitative estimate of drug-likeness (QED) is 0.389. The van der Waals surface area contributed by atoms with Gasteiger partial charge in [-0.15, -0.1) is 0 Å². The third-order valence-electron chi connectivity index (χ3n) is 1.50. The smallest absolute Gasteiger partial charge is 0.0810 e. The van der Waals surface area contributed by atoms with Gasteiger partial charge in [0.1, 0.15) is 0 Å². The molecular weight excluding hydrogens is 154 g/mol. The molecule has 0 aliphatic rings. The van der Waals surface area contributed by atoms with Crippen LogP contribution in [0, 0.1) is 0 Å². The van der Waals surface area contributed by atoms with Crippen molar-refractivity contribution in [3.8, 4) is 0 Å². The number of azide groups is 1. The fourth-order valence-corrected chi connectivity index (χ4v) is 0.895. The van der Waals surface area contributed by atoms with Gasteiger partial charge in [-0.25, -0.2) is 0 Å². The van der Waals surface area contributed by atoms with Crippen molar-refractivity contribution < 1.29 is 0 Å². The monoisotopic (exact) mass is 163 g/mol. The molecule has 1 aromatic rings. The minimum absolute atomic E-state index is 0.191. The van der Waals surface area contributed by atoms with E-state index in [0.29, 0.717) is 0 Å². The highest BCUT2D eigenvalue weighted by atomic mass is 15.2. The van der Waals surface area contributed by atoms with E-state index in [1.807, 2.05) is 6.92 Å². The van der Waals surface area contributed by atoms with Gasteiger partial charge in [-0.05, 0) is 12.0 Å². The highest BCUT2D eigenvalue weighted by Crippen LogP contribution is 2.16. The Bertz CT molecular complexity index is 277. The first-order valence-corrected chi connectivity index (χ1v) is 3.68.